The predicted octanol–water partition coefficient (Wildman–Crippen LogP) is 16.0. The minimum absolute atomic E-state index is 0.1000. The van der Waals surface area contributed by atoms with Crippen LogP contribution in [0.5, 0.6) is 0 Å². The van der Waals surface area contributed by atoms with E-state index in [1.807, 2.05) is 11.3 Å². The molecule has 1 aliphatic carbocycles. The van der Waals surface area contributed by atoms with Crippen LogP contribution in [0, 0.1) is 0 Å². The first-order chi connectivity index (χ1) is 27.5. The Balaban J connectivity index is 0.987. The average Bonchev–Trinajstić information content (AvgIpc) is 3.74. The van der Waals surface area contributed by atoms with Crippen molar-refractivity contribution in [3.63, 3.8) is 0 Å². The van der Waals surface area contributed by atoms with E-state index in [1.165, 1.54) is 119 Å². The molecule has 0 radical (unpaired) electrons. The lowest BCUT2D eigenvalue weighted by Crippen LogP contribution is -2.15. The fourth-order valence-electron chi connectivity index (χ4n) is 10.1. The first-order valence-electron chi connectivity index (χ1n) is 19.6. The zero-order valence-corrected chi connectivity index (χ0v) is 32.0. The third kappa shape index (κ3) is 4.41. The van der Waals surface area contributed by atoms with Crippen LogP contribution < -0.4 is 0 Å². The Morgan fingerprint density at radius 2 is 0.911 bits per heavy atom. The van der Waals surface area contributed by atoms with Crippen LogP contribution in [0.3, 0.4) is 0 Å². The van der Waals surface area contributed by atoms with Crippen LogP contribution in [-0.4, -0.2) is 0 Å². The molecule has 0 aliphatic heterocycles. The maximum Gasteiger partial charge on any atom is 0.0433 e. The van der Waals surface area contributed by atoms with Crippen LogP contribution in [0.2, 0.25) is 0 Å². The second-order valence-electron chi connectivity index (χ2n) is 16.0. The second kappa shape index (κ2) is 11.7. The standard InChI is InChI=1S/C55H36S/c1-55(2)49-31-26-36(32-48(49)45-28-30-47-44(53(45)55)27-29-46-38-15-9-10-21-50(38)56-54(46)47)33-22-24-35(25-23-33)51-40-16-5-7-18-42(40)52(43-19-8-6-17-41(43)51)39-20-11-13-34-12-3-4-14-37(34)39/h3-32H,1-2H3. The third-order valence-corrected chi connectivity index (χ3v) is 13.9. The predicted molar refractivity (Wildman–Crippen MR) is 243 cm³/mol. The van der Waals surface area contributed by atoms with E-state index in [4.69, 9.17) is 0 Å². The average molecular weight is 729 g/mol. The minimum atomic E-state index is -0.1000. The highest BCUT2D eigenvalue weighted by atomic mass is 32.1. The Bertz CT molecular complexity index is 3370. The molecule has 0 fully saturated rings. The summed E-state index contributed by atoms with van der Waals surface area (Å²) in [5, 5.41) is 13.1. The number of thiophene rings is 1. The Labute approximate surface area is 329 Å². The van der Waals surface area contributed by atoms with E-state index in [0.29, 0.717) is 0 Å². The van der Waals surface area contributed by atoms with Gasteiger partial charge in [-0.25, -0.2) is 0 Å². The molecule has 0 N–H and O–H groups in total. The summed E-state index contributed by atoms with van der Waals surface area (Å²) < 4.78 is 2.75. The zero-order chi connectivity index (χ0) is 37.1. The van der Waals surface area contributed by atoms with Crippen molar-refractivity contribution in [2.24, 2.45) is 0 Å². The number of rotatable bonds is 3. The van der Waals surface area contributed by atoms with Crippen LogP contribution in [0.15, 0.2) is 182 Å². The van der Waals surface area contributed by atoms with Crippen molar-refractivity contribution in [2.75, 3.05) is 0 Å². The first-order valence-corrected chi connectivity index (χ1v) is 20.4. The van der Waals surface area contributed by atoms with E-state index < -0.39 is 0 Å². The van der Waals surface area contributed by atoms with Gasteiger partial charge in [-0.15, -0.1) is 11.3 Å². The lowest BCUT2D eigenvalue weighted by molar-refractivity contribution is 0.666. The fourth-order valence-corrected chi connectivity index (χ4v) is 11.3. The molecule has 0 saturated carbocycles. The molecule has 0 unspecified atom stereocenters. The summed E-state index contributed by atoms with van der Waals surface area (Å²) in [6, 6.07) is 68.1. The van der Waals surface area contributed by atoms with Gasteiger partial charge in [0, 0.05) is 25.6 Å². The Kier molecular flexibility index (Phi) is 6.66. The van der Waals surface area contributed by atoms with E-state index >= 15 is 0 Å². The molecule has 56 heavy (non-hydrogen) atoms. The molecule has 1 heterocycles. The summed E-state index contributed by atoms with van der Waals surface area (Å²) in [5.41, 5.74) is 13.0. The summed E-state index contributed by atoms with van der Waals surface area (Å²) >= 11 is 1.92. The van der Waals surface area contributed by atoms with Crippen molar-refractivity contribution in [1.29, 1.82) is 0 Å². The molecule has 1 aromatic heterocycles. The number of benzene rings is 10. The molecule has 10 aromatic carbocycles. The fraction of sp³-hybridized carbons (Fsp3) is 0.0545. The zero-order valence-electron chi connectivity index (χ0n) is 31.2. The molecule has 262 valence electrons. The quantitative estimate of drug-likeness (QED) is 0.159. The molecule has 1 heteroatoms. The van der Waals surface area contributed by atoms with E-state index in [9.17, 15) is 0 Å². The van der Waals surface area contributed by atoms with Gasteiger partial charge in [0.25, 0.3) is 0 Å². The van der Waals surface area contributed by atoms with Crippen molar-refractivity contribution >= 4 is 74.6 Å². The van der Waals surface area contributed by atoms with Crippen molar-refractivity contribution in [3.8, 4) is 44.5 Å². The van der Waals surface area contributed by atoms with Gasteiger partial charge >= 0.3 is 0 Å². The third-order valence-electron chi connectivity index (χ3n) is 12.6. The van der Waals surface area contributed by atoms with Crippen LogP contribution in [0.4, 0.5) is 0 Å². The van der Waals surface area contributed by atoms with Gasteiger partial charge in [-0.05, 0) is 111 Å². The van der Waals surface area contributed by atoms with Gasteiger partial charge in [0.2, 0.25) is 0 Å². The van der Waals surface area contributed by atoms with Gasteiger partial charge in [-0.2, -0.15) is 0 Å². The summed E-state index contributed by atoms with van der Waals surface area (Å²) in [6.07, 6.45) is 0. The summed E-state index contributed by atoms with van der Waals surface area (Å²) in [5.74, 6) is 0. The van der Waals surface area contributed by atoms with Gasteiger partial charge in [0.15, 0.2) is 0 Å². The lowest BCUT2D eigenvalue weighted by atomic mass is 9.80. The minimum Gasteiger partial charge on any atom is -0.135 e. The summed E-state index contributed by atoms with van der Waals surface area (Å²) in [4.78, 5) is 0. The van der Waals surface area contributed by atoms with Gasteiger partial charge in [-0.1, -0.05) is 184 Å². The van der Waals surface area contributed by atoms with Crippen LogP contribution in [0.25, 0.3) is 108 Å². The molecule has 0 spiro atoms. The molecule has 0 atom stereocenters. The molecule has 0 amide bonds. The van der Waals surface area contributed by atoms with E-state index in [1.54, 1.807) is 0 Å². The molecule has 11 aromatic rings. The second-order valence-corrected chi connectivity index (χ2v) is 17.0. The smallest absolute Gasteiger partial charge is 0.0433 e. The highest BCUT2D eigenvalue weighted by molar-refractivity contribution is 7.26. The molecule has 0 saturated heterocycles. The van der Waals surface area contributed by atoms with Gasteiger partial charge in [-0.3, -0.25) is 0 Å². The monoisotopic (exact) mass is 728 g/mol. The number of hydrogen-bond donors (Lipinski definition) is 0. The topological polar surface area (TPSA) is 0 Å². The number of fused-ring (bicyclic) bond motifs is 12. The number of hydrogen-bond acceptors (Lipinski definition) is 1. The molecule has 0 bridgehead atoms. The normalized spacial score (nSPS) is 13.3. The van der Waals surface area contributed by atoms with E-state index in [-0.39, 0.29) is 5.41 Å². The van der Waals surface area contributed by atoms with Crippen molar-refractivity contribution in [2.45, 2.75) is 19.3 Å². The Morgan fingerprint density at radius 1 is 0.357 bits per heavy atom. The summed E-state index contributed by atoms with van der Waals surface area (Å²) in [6.45, 7) is 4.81. The molecule has 12 rings (SSSR count). The Hall–Kier alpha value is -6.54. The molecule has 1 aliphatic rings. The van der Waals surface area contributed by atoms with Crippen molar-refractivity contribution in [3.05, 3.63) is 193 Å². The van der Waals surface area contributed by atoms with Crippen molar-refractivity contribution < 1.29 is 0 Å². The van der Waals surface area contributed by atoms with Crippen LogP contribution >= 0.6 is 11.3 Å². The van der Waals surface area contributed by atoms with Gasteiger partial charge in [0.05, 0.1) is 0 Å². The maximum absolute atomic E-state index is 2.44. The molecular weight excluding hydrogens is 693 g/mol. The molecule has 0 nitrogen and oxygen atoms in total. The highest BCUT2D eigenvalue weighted by Crippen LogP contribution is 2.54. The molecular formula is C55H36S. The Morgan fingerprint density at radius 3 is 1.66 bits per heavy atom. The first kappa shape index (κ1) is 31.8. The largest absolute Gasteiger partial charge is 0.135 e. The lowest BCUT2D eigenvalue weighted by Gasteiger charge is -2.23. The van der Waals surface area contributed by atoms with Crippen LogP contribution in [-0.2, 0) is 5.41 Å². The maximum atomic E-state index is 2.44. The van der Waals surface area contributed by atoms with Crippen LogP contribution in [0.1, 0.15) is 25.0 Å². The van der Waals surface area contributed by atoms with Crippen molar-refractivity contribution in [1.82, 2.24) is 0 Å². The van der Waals surface area contributed by atoms with Gasteiger partial charge < -0.3 is 0 Å². The van der Waals surface area contributed by atoms with E-state index in [0.717, 1.165) is 0 Å². The summed E-state index contributed by atoms with van der Waals surface area (Å²) in [7, 11) is 0. The van der Waals surface area contributed by atoms with Gasteiger partial charge in [0.1, 0.15) is 0 Å². The SMILES string of the molecule is CC1(C)c2ccc(-c3ccc(-c4c5ccccc5c(-c5cccc6ccccc56)c5ccccc45)cc3)cc2-c2ccc3c(ccc4c5ccccc5sc34)c21. The highest BCUT2D eigenvalue weighted by Gasteiger charge is 2.37. The van der Waals surface area contributed by atoms with E-state index in [2.05, 4.69) is 196 Å².